The van der Waals surface area contributed by atoms with E-state index in [1.165, 1.54) is 4.90 Å². The Labute approximate surface area is 138 Å². The van der Waals surface area contributed by atoms with E-state index < -0.39 is 0 Å². The summed E-state index contributed by atoms with van der Waals surface area (Å²) < 4.78 is 0. The van der Waals surface area contributed by atoms with Crippen LogP contribution in [0.15, 0.2) is 88.0 Å². The number of hydrogen-bond donors (Lipinski definition) is 0. The number of hydrogen-bond acceptors (Lipinski definition) is 3. The van der Waals surface area contributed by atoms with Crippen LogP contribution in [0.2, 0.25) is 0 Å². The molecule has 0 fully saturated rings. The molecule has 0 aliphatic rings. The molecule has 0 radical (unpaired) electrons. The molecule has 0 aliphatic carbocycles. The van der Waals surface area contributed by atoms with Gasteiger partial charge < -0.3 is 0 Å². The molecule has 1 aromatic heterocycles. The van der Waals surface area contributed by atoms with Crippen molar-refractivity contribution in [2.75, 3.05) is 0 Å². The highest BCUT2D eigenvalue weighted by Gasteiger charge is 2.03. The maximum atomic E-state index is 12.1. The summed E-state index contributed by atoms with van der Waals surface area (Å²) in [5.74, 6) is 0.0321. The smallest absolute Gasteiger partial charge is 0.185 e. The topological polar surface area (TPSA) is 17.1 Å². The summed E-state index contributed by atoms with van der Waals surface area (Å²) in [5.41, 5.74) is 0.713. The van der Waals surface area contributed by atoms with Gasteiger partial charge in [-0.2, -0.15) is 0 Å². The van der Waals surface area contributed by atoms with Crippen molar-refractivity contribution in [2.24, 2.45) is 0 Å². The average Bonchev–Trinajstić information content (AvgIpc) is 3.08. The van der Waals surface area contributed by atoms with Crippen LogP contribution in [0.1, 0.15) is 15.2 Å². The van der Waals surface area contributed by atoms with Gasteiger partial charge >= 0.3 is 0 Å². The number of ketones is 1. The number of carbonyl (C=O) groups excluding carboxylic acids is 1. The van der Waals surface area contributed by atoms with Crippen LogP contribution < -0.4 is 0 Å². The van der Waals surface area contributed by atoms with Crippen LogP contribution in [0.25, 0.3) is 6.08 Å². The molecule has 22 heavy (non-hydrogen) atoms. The van der Waals surface area contributed by atoms with Crippen LogP contribution in [-0.4, -0.2) is 5.78 Å². The summed E-state index contributed by atoms with van der Waals surface area (Å²) in [6.07, 6.45) is 3.49. The standard InChI is InChI=1S/C19H14OS2/c20-19(13-12-16-7-4-14-21-16)15-8-10-18(11-9-15)22-17-5-2-1-3-6-17/h1-14H/b13-12+. The predicted molar refractivity (Wildman–Crippen MR) is 94.7 cm³/mol. The van der Waals surface area contributed by atoms with Crippen molar-refractivity contribution in [3.8, 4) is 0 Å². The van der Waals surface area contributed by atoms with Crippen LogP contribution in [0.3, 0.4) is 0 Å². The summed E-state index contributed by atoms with van der Waals surface area (Å²) in [5, 5.41) is 2.00. The quantitative estimate of drug-likeness (QED) is 0.436. The lowest BCUT2D eigenvalue weighted by Gasteiger charge is -2.02. The Balaban J connectivity index is 1.67. The molecule has 0 saturated heterocycles. The first-order chi connectivity index (χ1) is 10.8. The molecular formula is C19H14OS2. The average molecular weight is 322 g/mol. The third kappa shape index (κ3) is 3.97. The van der Waals surface area contributed by atoms with E-state index in [1.807, 2.05) is 66.1 Å². The molecule has 3 heteroatoms. The first-order valence-electron chi connectivity index (χ1n) is 6.90. The lowest BCUT2D eigenvalue weighted by Crippen LogP contribution is -1.93. The van der Waals surface area contributed by atoms with E-state index in [9.17, 15) is 4.79 Å². The zero-order valence-corrected chi connectivity index (χ0v) is 13.4. The van der Waals surface area contributed by atoms with Gasteiger partial charge in [-0.1, -0.05) is 36.0 Å². The van der Waals surface area contributed by atoms with Gasteiger partial charge in [-0.25, -0.2) is 0 Å². The number of carbonyl (C=O) groups is 1. The van der Waals surface area contributed by atoms with Crippen molar-refractivity contribution in [1.82, 2.24) is 0 Å². The second-order valence-corrected chi connectivity index (χ2v) is 6.78. The van der Waals surface area contributed by atoms with Crippen LogP contribution in [0, 0.1) is 0 Å². The zero-order chi connectivity index (χ0) is 15.2. The lowest BCUT2D eigenvalue weighted by molar-refractivity contribution is 0.104. The van der Waals surface area contributed by atoms with Crippen LogP contribution in [0.4, 0.5) is 0 Å². The zero-order valence-electron chi connectivity index (χ0n) is 11.8. The lowest BCUT2D eigenvalue weighted by atomic mass is 10.1. The third-order valence-corrected chi connectivity index (χ3v) is 4.91. The molecular weight excluding hydrogens is 308 g/mol. The molecule has 3 rings (SSSR count). The largest absolute Gasteiger partial charge is 0.289 e. The Kier molecular flexibility index (Phi) is 4.88. The maximum Gasteiger partial charge on any atom is 0.185 e. The van der Waals surface area contributed by atoms with Gasteiger partial charge in [0, 0.05) is 20.2 Å². The summed E-state index contributed by atoms with van der Waals surface area (Å²) in [4.78, 5) is 15.5. The summed E-state index contributed by atoms with van der Waals surface area (Å²) in [6.45, 7) is 0. The molecule has 0 bridgehead atoms. The molecule has 1 nitrogen and oxygen atoms in total. The van der Waals surface area contributed by atoms with Crippen LogP contribution in [-0.2, 0) is 0 Å². The maximum absolute atomic E-state index is 12.1. The highest BCUT2D eigenvalue weighted by Crippen LogP contribution is 2.27. The SMILES string of the molecule is O=C(/C=C/c1cccs1)c1ccc(Sc2ccccc2)cc1. The van der Waals surface area contributed by atoms with Gasteiger partial charge in [0.05, 0.1) is 0 Å². The monoisotopic (exact) mass is 322 g/mol. The van der Waals surface area contributed by atoms with E-state index in [2.05, 4.69) is 12.1 Å². The Hall–Kier alpha value is -2.10. The van der Waals surface area contributed by atoms with E-state index in [4.69, 9.17) is 0 Å². The fourth-order valence-corrected chi connectivity index (χ4v) is 3.41. The predicted octanol–water partition coefficient (Wildman–Crippen LogP) is 5.80. The Morgan fingerprint density at radius 1 is 0.864 bits per heavy atom. The summed E-state index contributed by atoms with van der Waals surface area (Å²) >= 11 is 3.31. The molecule has 0 spiro atoms. The third-order valence-electron chi connectivity index (χ3n) is 3.06. The minimum Gasteiger partial charge on any atom is -0.289 e. The van der Waals surface area contributed by atoms with E-state index in [0.717, 1.165) is 9.77 Å². The molecule has 0 atom stereocenters. The molecule has 2 aromatic carbocycles. The fourth-order valence-electron chi connectivity index (χ4n) is 1.95. The molecule has 0 amide bonds. The van der Waals surface area contributed by atoms with Gasteiger partial charge in [-0.15, -0.1) is 11.3 Å². The molecule has 0 N–H and O–H groups in total. The molecule has 0 saturated carbocycles. The van der Waals surface area contributed by atoms with Crippen LogP contribution >= 0.6 is 23.1 Å². The molecule has 108 valence electrons. The fraction of sp³-hybridized carbons (Fsp3) is 0. The van der Waals surface area contributed by atoms with Gasteiger partial charge in [-0.3, -0.25) is 4.79 Å². The highest BCUT2D eigenvalue weighted by atomic mass is 32.2. The summed E-state index contributed by atoms with van der Waals surface area (Å²) in [7, 11) is 0. The Morgan fingerprint density at radius 3 is 2.27 bits per heavy atom. The van der Waals surface area contributed by atoms with E-state index >= 15 is 0 Å². The molecule has 1 heterocycles. The van der Waals surface area contributed by atoms with Gasteiger partial charge in [-0.05, 0) is 60.0 Å². The first kappa shape index (κ1) is 14.8. The first-order valence-corrected chi connectivity index (χ1v) is 8.60. The van der Waals surface area contributed by atoms with Crippen molar-refractivity contribution >= 4 is 35.0 Å². The number of allylic oxidation sites excluding steroid dienone is 1. The number of thiophene rings is 1. The van der Waals surface area contributed by atoms with Crippen molar-refractivity contribution in [3.63, 3.8) is 0 Å². The van der Waals surface area contributed by atoms with Crippen molar-refractivity contribution < 1.29 is 4.79 Å². The minimum absolute atomic E-state index is 0.0321. The van der Waals surface area contributed by atoms with Crippen molar-refractivity contribution in [3.05, 3.63) is 88.6 Å². The van der Waals surface area contributed by atoms with Gasteiger partial charge in [0.15, 0.2) is 5.78 Å². The van der Waals surface area contributed by atoms with Crippen LogP contribution in [0.5, 0.6) is 0 Å². The van der Waals surface area contributed by atoms with Crippen molar-refractivity contribution in [2.45, 2.75) is 9.79 Å². The normalized spacial score (nSPS) is 10.9. The van der Waals surface area contributed by atoms with Gasteiger partial charge in [0.1, 0.15) is 0 Å². The molecule has 3 aromatic rings. The number of rotatable bonds is 5. The summed E-state index contributed by atoms with van der Waals surface area (Å²) in [6, 6.07) is 21.9. The van der Waals surface area contributed by atoms with Gasteiger partial charge in [0.25, 0.3) is 0 Å². The Bertz CT molecular complexity index is 757. The minimum atomic E-state index is 0.0321. The van der Waals surface area contributed by atoms with E-state index in [1.54, 1.807) is 29.2 Å². The second kappa shape index (κ2) is 7.25. The Morgan fingerprint density at radius 2 is 1.59 bits per heavy atom. The molecule has 0 unspecified atom stereocenters. The van der Waals surface area contributed by atoms with Crippen molar-refractivity contribution in [1.29, 1.82) is 0 Å². The molecule has 0 aliphatic heterocycles. The second-order valence-electron chi connectivity index (χ2n) is 4.65. The highest BCUT2D eigenvalue weighted by molar-refractivity contribution is 7.99. The van der Waals surface area contributed by atoms with E-state index in [0.29, 0.717) is 5.56 Å². The van der Waals surface area contributed by atoms with E-state index in [-0.39, 0.29) is 5.78 Å². The number of benzene rings is 2. The van der Waals surface area contributed by atoms with Gasteiger partial charge in [0.2, 0.25) is 0 Å².